The van der Waals surface area contributed by atoms with E-state index in [0.717, 1.165) is 0 Å². The van der Waals surface area contributed by atoms with E-state index in [1.54, 1.807) is 13.3 Å². The van der Waals surface area contributed by atoms with Crippen molar-refractivity contribution >= 4 is 0 Å². The number of methoxy groups -OCH3 is 1. The number of rotatable bonds is 3. The molecule has 5 nitrogen and oxygen atoms in total. The van der Waals surface area contributed by atoms with Gasteiger partial charge in [0, 0.05) is 6.20 Å². The highest BCUT2D eigenvalue weighted by molar-refractivity contribution is 5.30. The van der Waals surface area contributed by atoms with Crippen LogP contribution in [0.5, 0.6) is 5.75 Å². The lowest BCUT2D eigenvalue weighted by molar-refractivity contribution is -0.0981. The van der Waals surface area contributed by atoms with E-state index < -0.39 is 0 Å². The van der Waals surface area contributed by atoms with Gasteiger partial charge in [-0.15, -0.1) is 0 Å². The van der Waals surface area contributed by atoms with E-state index in [1.165, 1.54) is 0 Å². The average Bonchev–Trinajstić information content (AvgIpc) is 2.39. The van der Waals surface area contributed by atoms with Gasteiger partial charge in [-0.05, 0) is 12.1 Å². The summed E-state index contributed by atoms with van der Waals surface area (Å²) in [5, 5.41) is 0. The van der Waals surface area contributed by atoms with Gasteiger partial charge in [0.15, 0.2) is 0 Å². The van der Waals surface area contributed by atoms with Crippen molar-refractivity contribution < 1.29 is 14.2 Å². The molecule has 2 heterocycles. The third kappa shape index (κ3) is 2.32. The molecule has 1 aromatic heterocycles. The molecule has 5 heteroatoms. The minimum absolute atomic E-state index is 0.155. The average molecular weight is 224 g/mol. The normalized spacial score (nSPS) is 22.8. The fraction of sp³-hybridized carbons (Fsp3) is 0.545. The van der Waals surface area contributed by atoms with Crippen molar-refractivity contribution in [2.24, 2.45) is 5.73 Å². The molecule has 1 fully saturated rings. The molecule has 88 valence electrons. The summed E-state index contributed by atoms with van der Waals surface area (Å²) in [4.78, 5) is 4.24. The Morgan fingerprint density at radius 1 is 1.56 bits per heavy atom. The van der Waals surface area contributed by atoms with Gasteiger partial charge in [0.1, 0.15) is 17.5 Å². The monoisotopic (exact) mass is 224 g/mol. The fourth-order valence-corrected chi connectivity index (χ4v) is 1.72. The molecule has 1 aromatic rings. The van der Waals surface area contributed by atoms with Crippen molar-refractivity contribution in [1.82, 2.24) is 4.98 Å². The van der Waals surface area contributed by atoms with Crippen molar-refractivity contribution in [3.05, 3.63) is 24.0 Å². The van der Waals surface area contributed by atoms with Gasteiger partial charge in [-0.25, -0.2) is 0 Å². The highest BCUT2D eigenvalue weighted by Crippen LogP contribution is 2.25. The lowest BCUT2D eigenvalue weighted by atomic mass is 10.1. The van der Waals surface area contributed by atoms with Crippen molar-refractivity contribution in [2.75, 3.05) is 26.9 Å². The van der Waals surface area contributed by atoms with E-state index in [-0.39, 0.29) is 12.1 Å². The first-order chi connectivity index (χ1) is 7.83. The number of ether oxygens (including phenoxy) is 3. The summed E-state index contributed by atoms with van der Waals surface area (Å²) in [6.07, 6.45) is 1.54. The molecule has 1 aliphatic rings. The number of hydrogen-bond acceptors (Lipinski definition) is 5. The molecule has 2 atom stereocenters. The first-order valence-corrected chi connectivity index (χ1v) is 5.26. The maximum Gasteiger partial charge on any atom is 0.142 e. The summed E-state index contributed by atoms with van der Waals surface area (Å²) in [6.45, 7) is 1.71. The second kappa shape index (κ2) is 5.25. The Kier molecular flexibility index (Phi) is 3.71. The van der Waals surface area contributed by atoms with Crippen molar-refractivity contribution in [2.45, 2.75) is 12.1 Å². The van der Waals surface area contributed by atoms with Crippen LogP contribution in [0.2, 0.25) is 0 Å². The van der Waals surface area contributed by atoms with Crippen LogP contribution in [0.3, 0.4) is 0 Å². The molecule has 0 spiro atoms. The van der Waals surface area contributed by atoms with Crippen LogP contribution in [-0.2, 0) is 9.47 Å². The number of nitrogens with two attached hydrogens (primary N) is 1. The zero-order valence-electron chi connectivity index (χ0n) is 9.26. The standard InChI is InChI=1S/C11H16N2O3/c1-14-8-3-2-4-13-11(8)10(12)9-7-15-5-6-16-9/h2-4,9-10H,5-7,12H2,1H3. The summed E-state index contributed by atoms with van der Waals surface area (Å²) >= 11 is 0. The molecule has 16 heavy (non-hydrogen) atoms. The Balaban J connectivity index is 2.15. The quantitative estimate of drug-likeness (QED) is 0.810. The molecular weight excluding hydrogens is 208 g/mol. The summed E-state index contributed by atoms with van der Waals surface area (Å²) < 4.78 is 16.1. The molecule has 1 aliphatic heterocycles. The van der Waals surface area contributed by atoms with Crippen LogP contribution in [0.1, 0.15) is 11.7 Å². The van der Waals surface area contributed by atoms with Crippen LogP contribution in [0, 0.1) is 0 Å². The van der Waals surface area contributed by atoms with Gasteiger partial charge < -0.3 is 19.9 Å². The van der Waals surface area contributed by atoms with Crippen LogP contribution in [0.4, 0.5) is 0 Å². The lowest BCUT2D eigenvalue weighted by Gasteiger charge is -2.28. The second-order valence-electron chi connectivity index (χ2n) is 3.60. The molecule has 0 bridgehead atoms. The van der Waals surface area contributed by atoms with Crippen molar-refractivity contribution in [3.63, 3.8) is 0 Å². The van der Waals surface area contributed by atoms with Crippen LogP contribution in [-0.4, -0.2) is 38.0 Å². The molecule has 2 N–H and O–H groups in total. The Bertz CT molecular complexity index is 340. The number of aromatic nitrogens is 1. The van der Waals surface area contributed by atoms with Gasteiger partial charge in [0.25, 0.3) is 0 Å². The van der Waals surface area contributed by atoms with Crippen LogP contribution in [0.15, 0.2) is 18.3 Å². The maximum absolute atomic E-state index is 6.10. The Labute approximate surface area is 94.5 Å². The largest absolute Gasteiger partial charge is 0.495 e. The highest BCUT2D eigenvalue weighted by atomic mass is 16.6. The molecule has 0 radical (unpaired) electrons. The minimum Gasteiger partial charge on any atom is -0.495 e. The van der Waals surface area contributed by atoms with Crippen LogP contribution in [0.25, 0.3) is 0 Å². The SMILES string of the molecule is COc1cccnc1C(N)C1COCCO1. The van der Waals surface area contributed by atoms with E-state index in [9.17, 15) is 0 Å². The molecule has 2 unspecified atom stereocenters. The van der Waals surface area contributed by atoms with E-state index in [1.807, 2.05) is 12.1 Å². The van der Waals surface area contributed by atoms with E-state index in [0.29, 0.717) is 31.3 Å². The Morgan fingerprint density at radius 3 is 3.12 bits per heavy atom. The summed E-state index contributed by atoms with van der Waals surface area (Å²) in [5.74, 6) is 0.684. The van der Waals surface area contributed by atoms with Gasteiger partial charge in [0.2, 0.25) is 0 Å². The minimum atomic E-state index is -0.323. The summed E-state index contributed by atoms with van der Waals surface area (Å²) in [7, 11) is 1.60. The highest BCUT2D eigenvalue weighted by Gasteiger charge is 2.26. The topological polar surface area (TPSA) is 66.6 Å². The first kappa shape index (κ1) is 11.3. The van der Waals surface area contributed by atoms with Crippen LogP contribution < -0.4 is 10.5 Å². The number of hydrogen-bond donors (Lipinski definition) is 1. The number of pyridine rings is 1. The van der Waals surface area contributed by atoms with Gasteiger partial charge in [0.05, 0.1) is 33.0 Å². The van der Waals surface area contributed by atoms with Gasteiger partial charge in [-0.3, -0.25) is 4.98 Å². The van der Waals surface area contributed by atoms with E-state index in [4.69, 9.17) is 19.9 Å². The second-order valence-corrected chi connectivity index (χ2v) is 3.60. The van der Waals surface area contributed by atoms with Gasteiger partial charge >= 0.3 is 0 Å². The Morgan fingerprint density at radius 2 is 2.44 bits per heavy atom. The van der Waals surface area contributed by atoms with Gasteiger partial charge in [-0.2, -0.15) is 0 Å². The molecule has 0 aliphatic carbocycles. The molecule has 0 aromatic carbocycles. The molecular formula is C11H16N2O3. The first-order valence-electron chi connectivity index (χ1n) is 5.26. The zero-order valence-corrected chi connectivity index (χ0v) is 9.26. The van der Waals surface area contributed by atoms with Crippen molar-refractivity contribution in [3.8, 4) is 5.75 Å². The molecule has 1 saturated heterocycles. The van der Waals surface area contributed by atoms with Crippen LogP contribution >= 0.6 is 0 Å². The smallest absolute Gasteiger partial charge is 0.142 e. The molecule has 2 rings (SSSR count). The molecule has 0 saturated carbocycles. The lowest BCUT2D eigenvalue weighted by Crippen LogP contribution is -2.38. The zero-order chi connectivity index (χ0) is 11.4. The summed E-state index contributed by atoms with van der Waals surface area (Å²) in [5.41, 5.74) is 6.81. The van der Waals surface area contributed by atoms with Crippen molar-refractivity contribution in [1.29, 1.82) is 0 Å². The van der Waals surface area contributed by atoms with E-state index >= 15 is 0 Å². The Hall–Kier alpha value is -1.17. The summed E-state index contributed by atoms with van der Waals surface area (Å²) in [6, 6.07) is 3.33. The predicted molar refractivity (Wildman–Crippen MR) is 58.3 cm³/mol. The number of nitrogens with zero attached hydrogens (tertiary/aromatic N) is 1. The van der Waals surface area contributed by atoms with E-state index in [2.05, 4.69) is 4.98 Å². The fourth-order valence-electron chi connectivity index (χ4n) is 1.72. The predicted octanol–water partition coefficient (Wildman–Crippen LogP) is 0.505. The third-order valence-electron chi connectivity index (χ3n) is 2.58. The van der Waals surface area contributed by atoms with Gasteiger partial charge in [-0.1, -0.05) is 0 Å². The third-order valence-corrected chi connectivity index (χ3v) is 2.58. The molecule has 0 amide bonds. The maximum atomic E-state index is 6.10.